The molecular weight excluding hydrogens is 378 g/mol. The van der Waals surface area contributed by atoms with E-state index in [1.54, 1.807) is 26.8 Å². The van der Waals surface area contributed by atoms with Gasteiger partial charge in [0.05, 0.1) is 19.1 Å². The normalized spacial score (nSPS) is 17.3. The molecule has 0 spiro atoms. The van der Waals surface area contributed by atoms with Crippen LogP contribution in [0.1, 0.15) is 45.3 Å². The van der Waals surface area contributed by atoms with E-state index in [0.717, 1.165) is 0 Å². The molecular formula is C20H29N3O6. The Morgan fingerprint density at radius 1 is 1.28 bits per heavy atom. The molecule has 3 N–H and O–H groups in total. The number of carbonyl (C=O) groups is 3. The number of aromatic nitrogens is 1. The first-order valence-electron chi connectivity index (χ1n) is 9.55. The van der Waals surface area contributed by atoms with Gasteiger partial charge in [-0.2, -0.15) is 0 Å². The van der Waals surface area contributed by atoms with Gasteiger partial charge in [-0.05, 0) is 24.8 Å². The number of nitrogens with zero attached hydrogens (tertiary/aromatic N) is 2. The Labute approximate surface area is 170 Å². The van der Waals surface area contributed by atoms with Gasteiger partial charge in [-0.1, -0.05) is 20.8 Å². The van der Waals surface area contributed by atoms with E-state index in [0.29, 0.717) is 24.1 Å². The smallest absolute Gasteiger partial charge is 0.407 e. The molecule has 1 aromatic rings. The van der Waals surface area contributed by atoms with E-state index in [2.05, 4.69) is 10.3 Å². The number of pyridine rings is 1. The summed E-state index contributed by atoms with van der Waals surface area (Å²) in [6, 6.07) is 1.57. The van der Waals surface area contributed by atoms with E-state index in [9.17, 15) is 19.5 Å². The summed E-state index contributed by atoms with van der Waals surface area (Å²) >= 11 is 0. The molecule has 0 aliphatic carbocycles. The molecule has 2 amide bonds. The minimum absolute atomic E-state index is 0.235. The van der Waals surface area contributed by atoms with Gasteiger partial charge in [0.15, 0.2) is 0 Å². The number of ether oxygens (including phenoxy) is 1. The second-order valence-electron chi connectivity index (χ2n) is 8.27. The van der Waals surface area contributed by atoms with Crippen LogP contribution in [0, 0.1) is 17.3 Å². The molecule has 2 rings (SSSR count). The number of likely N-dealkylation sites (tertiary alicyclic amines) is 1. The summed E-state index contributed by atoms with van der Waals surface area (Å²) in [5.41, 5.74) is 0.0575. The summed E-state index contributed by atoms with van der Waals surface area (Å²) in [6.45, 7) is 5.87. The van der Waals surface area contributed by atoms with E-state index >= 15 is 0 Å². The first kappa shape index (κ1) is 22.6. The van der Waals surface area contributed by atoms with Crippen molar-refractivity contribution in [1.29, 1.82) is 0 Å². The van der Waals surface area contributed by atoms with E-state index in [1.807, 2.05) is 0 Å². The van der Waals surface area contributed by atoms with Crippen LogP contribution >= 0.6 is 0 Å². The standard InChI is InChI=1S/C20H29N3O6/c1-20(2,3)18(26)22-14-5-8-21-11-13(14)16(24)15(17(25)29-4)12-6-9-23(10-7-12)19(27)28/h5,8,11-12,15-16,24H,6-7,9-10H2,1-4H3,(H,27,28)(H,21,22,26). The minimum atomic E-state index is -1.26. The fraction of sp³-hybridized carbons (Fsp3) is 0.600. The molecule has 160 valence electrons. The second-order valence-corrected chi connectivity index (χ2v) is 8.27. The van der Waals surface area contributed by atoms with Crippen LogP contribution in [0.2, 0.25) is 0 Å². The molecule has 9 heteroatoms. The molecule has 29 heavy (non-hydrogen) atoms. The highest BCUT2D eigenvalue weighted by Crippen LogP contribution is 2.37. The molecule has 0 saturated carbocycles. The molecule has 2 heterocycles. The monoisotopic (exact) mass is 407 g/mol. The molecule has 1 aromatic heterocycles. The number of carboxylic acid groups (broad SMARTS) is 1. The largest absolute Gasteiger partial charge is 0.469 e. The number of rotatable bonds is 5. The van der Waals surface area contributed by atoms with Gasteiger partial charge in [0.1, 0.15) is 0 Å². The third-order valence-corrected chi connectivity index (χ3v) is 5.23. The van der Waals surface area contributed by atoms with E-state index in [4.69, 9.17) is 9.84 Å². The van der Waals surface area contributed by atoms with Crippen molar-refractivity contribution < 1.29 is 29.3 Å². The van der Waals surface area contributed by atoms with Gasteiger partial charge in [-0.3, -0.25) is 14.6 Å². The molecule has 0 radical (unpaired) electrons. The Balaban J connectivity index is 2.29. The summed E-state index contributed by atoms with van der Waals surface area (Å²) in [4.78, 5) is 41.4. The third-order valence-electron chi connectivity index (χ3n) is 5.23. The molecule has 0 bridgehead atoms. The van der Waals surface area contributed by atoms with Crippen LogP contribution < -0.4 is 5.32 Å². The molecule has 2 unspecified atom stereocenters. The van der Waals surface area contributed by atoms with Gasteiger partial charge in [0.2, 0.25) is 5.91 Å². The lowest BCUT2D eigenvalue weighted by atomic mass is 9.79. The van der Waals surface area contributed by atoms with Crippen molar-refractivity contribution in [3.05, 3.63) is 24.0 Å². The molecule has 1 aliphatic heterocycles. The number of aliphatic hydroxyl groups excluding tert-OH is 1. The zero-order valence-corrected chi connectivity index (χ0v) is 17.2. The number of hydrogen-bond acceptors (Lipinski definition) is 6. The molecule has 1 fully saturated rings. The van der Waals surface area contributed by atoms with Crippen LogP contribution in [-0.2, 0) is 14.3 Å². The second kappa shape index (κ2) is 9.21. The lowest BCUT2D eigenvalue weighted by Crippen LogP contribution is -2.42. The molecule has 2 atom stereocenters. The Kier molecular flexibility index (Phi) is 7.18. The number of esters is 1. The van der Waals surface area contributed by atoms with Crippen LogP contribution in [0.3, 0.4) is 0 Å². The highest BCUT2D eigenvalue weighted by molar-refractivity contribution is 5.95. The lowest BCUT2D eigenvalue weighted by molar-refractivity contribution is -0.153. The SMILES string of the molecule is COC(=O)C(C1CCN(C(=O)O)CC1)C(O)c1cnccc1NC(=O)C(C)(C)C. The first-order valence-corrected chi connectivity index (χ1v) is 9.55. The zero-order valence-electron chi connectivity index (χ0n) is 17.2. The fourth-order valence-electron chi connectivity index (χ4n) is 3.42. The number of aliphatic hydroxyl groups is 1. The summed E-state index contributed by atoms with van der Waals surface area (Å²) < 4.78 is 4.92. The molecule has 9 nitrogen and oxygen atoms in total. The Morgan fingerprint density at radius 3 is 2.41 bits per heavy atom. The van der Waals surface area contributed by atoms with E-state index < -0.39 is 29.5 Å². The maximum atomic E-state index is 12.5. The number of nitrogens with one attached hydrogen (secondary N) is 1. The summed E-state index contributed by atoms with van der Waals surface area (Å²) in [5.74, 6) is -1.98. The van der Waals surface area contributed by atoms with Crippen LogP contribution in [-0.4, -0.2) is 58.3 Å². The van der Waals surface area contributed by atoms with Gasteiger partial charge in [-0.15, -0.1) is 0 Å². The van der Waals surface area contributed by atoms with E-state index in [-0.39, 0.29) is 24.9 Å². The van der Waals surface area contributed by atoms with Gasteiger partial charge in [0, 0.05) is 42.1 Å². The minimum Gasteiger partial charge on any atom is -0.469 e. The van der Waals surface area contributed by atoms with Gasteiger partial charge < -0.3 is 25.2 Å². The number of anilines is 1. The molecule has 1 aliphatic rings. The van der Waals surface area contributed by atoms with Crippen LogP contribution in [0.4, 0.5) is 10.5 Å². The number of methoxy groups -OCH3 is 1. The highest BCUT2D eigenvalue weighted by atomic mass is 16.5. The predicted octanol–water partition coefficient (Wildman–Crippen LogP) is 2.28. The van der Waals surface area contributed by atoms with Crippen molar-refractivity contribution in [3.63, 3.8) is 0 Å². The summed E-state index contributed by atoms with van der Waals surface area (Å²) in [6.07, 6.45) is 1.50. The van der Waals surface area contributed by atoms with Crippen molar-refractivity contribution in [2.45, 2.75) is 39.7 Å². The average Bonchev–Trinajstić information content (AvgIpc) is 2.68. The van der Waals surface area contributed by atoms with Crippen LogP contribution in [0.15, 0.2) is 18.5 Å². The highest BCUT2D eigenvalue weighted by Gasteiger charge is 2.39. The lowest BCUT2D eigenvalue weighted by Gasteiger charge is -2.35. The zero-order chi connectivity index (χ0) is 21.8. The Bertz CT molecular complexity index is 753. The first-order chi connectivity index (χ1) is 13.6. The van der Waals surface area contributed by atoms with Crippen LogP contribution in [0.25, 0.3) is 0 Å². The van der Waals surface area contributed by atoms with Crippen molar-refractivity contribution >= 4 is 23.7 Å². The van der Waals surface area contributed by atoms with Crippen LogP contribution in [0.5, 0.6) is 0 Å². The van der Waals surface area contributed by atoms with E-state index in [1.165, 1.54) is 24.4 Å². The number of piperidine rings is 1. The average molecular weight is 407 g/mol. The molecule has 1 saturated heterocycles. The number of hydrogen-bond donors (Lipinski definition) is 3. The van der Waals surface area contributed by atoms with Crippen molar-refractivity contribution in [2.24, 2.45) is 17.3 Å². The Hall–Kier alpha value is -2.68. The number of carbonyl (C=O) groups excluding carboxylic acids is 2. The maximum absolute atomic E-state index is 12.5. The molecule has 0 aromatic carbocycles. The van der Waals surface area contributed by atoms with Crippen molar-refractivity contribution in [2.75, 3.05) is 25.5 Å². The number of amides is 2. The summed E-state index contributed by atoms with van der Waals surface area (Å²) in [5, 5.41) is 23.0. The van der Waals surface area contributed by atoms with Gasteiger partial charge in [0.25, 0.3) is 0 Å². The quantitative estimate of drug-likeness (QED) is 0.639. The predicted molar refractivity (Wildman–Crippen MR) is 105 cm³/mol. The van der Waals surface area contributed by atoms with Gasteiger partial charge >= 0.3 is 12.1 Å². The third kappa shape index (κ3) is 5.44. The fourth-order valence-corrected chi connectivity index (χ4v) is 3.42. The Morgan fingerprint density at radius 2 is 1.90 bits per heavy atom. The topological polar surface area (TPSA) is 129 Å². The maximum Gasteiger partial charge on any atom is 0.407 e. The van der Waals surface area contributed by atoms with Crippen molar-refractivity contribution in [3.8, 4) is 0 Å². The summed E-state index contributed by atoms with van der Waals surface area (Å²) in [7, 11) is 1.25. The van der Waals surface area contributed by atoms with Crippen molar-refractivity contribution in [1.82, 2.24) is 9.88 Å². The van der Waals surface area contributed by atoms with Gasteiger partial charge in [-0.25, -0.2) is 4.79 Å².